The molecule has 0 spiro atoms. The number of anilines is 1. The van der Waals surface area contributed by atoms with Gasteiger partial charge in [0, 0.05) is 17.6 Å². The number of halogens is 1. The van der Waals surface area contributed by atoms with Crippen LogP contribution >= 0.6 is 11.6 Å². The van der Waals surface area contributed by atoms with Crippen LogP contribution in [0.25, 0.3) is 0 Å². The number of aryl methyl sites for hydroxylation is 1. The first kappa shape index (κ1) is 31.6. The number of amides is 2. The third kappa shape index (κ3) is 7.92. The first-order chi connectivity index (χ1) is 20.2. The predicted molar refractivity (Wildman–Crippen MR) is 168 cm³/mol. The van der Waals surface area contributed by atoms with Gasteiger partial charge in [-0.15, -0.1) is 0 Å². The molecule has 1 unspecified atom stereocenters. The summed E-state index contributed by atoms with van der Waals surface area (Å²) in [6.45, 7) is 3.58. The maximum atomic E-state index is 14.2. The second kappa shape index (κ2) is 14.7. The number of nitrogens with zero attached hydrogens (tertiary/aromatic N) is 2. The molecule has 3 aromatic carbocycles. The Hall–Kier alpha value is -3.36. The molecule has 1 fully saturated rings. The van der Waals surface area contributed by atoms with Crippen molar-refractivity contribution in [3.05, 3.63) is 95.0 Å². The average Bonchev–Trinajstić information content (AvgIpc) is 3.01. The number of rotatable bonds is 12. The maximum Gasteiger partial charge on any atom is 0.264 e. The smallest absolute Gasteiger partial charge is 0.264 e. The summed E-state index contributed by atoms with van der Waals surface area (Å²) in [5.41, 5.74) is 2.23. The first-order valence-electron chi connectivity index (χ1n) is 14.7. The lowest BCUT2D eigenvalue weighted by atomic mass is 9.95. The number of carbonyl (C=O) groups is 2. The minimum absolute atomic E-state index is 0.0832. The molecule has 0 bridgehead atoms. The van der Waals surface area contributed by atoms with Crippen LogP contribution in [0, 0.1) is 0 Å². The SMILES string of the molecule is CCc1ccc(N(CC(=O)N(Cc2ccc(Cl)cc2)C(CC)C(=O)NC2CCCCC2)S(=O)(=O)c2ccccc2)cc1. The van der Waals surface area contributed by atoms with Crippen molar-refractivity contribution in [2.75, 3.05) is 10.8 Å². The monoisotopic (exact) mass is 609 g/mol. The second-order valence-corrected chi connectivity index (χ2v) is 13.1. The molecule has 1 N–H and O–H groups in total. The number of hydrogen-bond donors (Lipinski definition) is 1. The highest BCUT2D eigenvalue weighted by molar-refractivity contribution is 7.92. The zero-order chi connectivity index (χ0) is 30.1. The zero-order valence-corrected chi connectivity index (χ0v) is 25.9. The predicted octanol–water partition coefficient (Wildman–Crippen LogP) is 6.35. The fourth-order valence-electron chi connectivity index (χ4n) is 5.40. The van der Waals surface area contributed by atoms with Gasteiger partial charge in [-0.1, -0.05) is 87.2 Å². The Kier molecular flexibility index (Phi) is 11.0. The molecule has 42 heavy (non-hydrogen) atoms. The minimum atomic E-state index is -4.09. The average molecular weight is 610 g/mol. The molecule has 1 aliphatic carbocycles. The van der Waals surface area contributed by atoms with E-state index in [0.717, 1.165) is 54.0 Å². The van der Waals surface area contributed by atoms with E-state index in [2.05, 4.69) is 5.32 Å². The fourth-order valence-corrected chi connectivity index (χ4v) is 6.96. The topological polar surface area (TPSA) is 86.8 Å². The molecule has 4 rings (SSSR count). The van der Waals surface area contributed by atoms with E-state index in [1.165, 1.54) is 17.0 Å². The standard InChI is InChI=1S/C33H40ClN3O4S/c1-3-25-17-21-29(22-18-25)37(42(40,41)30-13-9-6-10-14-30)24-32(38)36(23-26-15-19-27(34)20-16-26)31(4-2)33(39)35-28-11-7-5-8-12-28/h6,9-10,13-22,28,31H,3-5,7-8,11-12,23-24H2,1-2H3,(H,35,39). The lowest BCUT2D eigenvalue weighted by molar-refractivity contribution is -0.140. The Morgan fingerprint density at radius 2 is 1.50 bits per heavy atom. The molecule has 0 aromatic heterocycles. The lowest BCUT2D eigenvalue weighted by Gasteiger charge is -2.34. The summed E-state index contributed by atoms with van der Waals surface area (Å²) in [4.78, 5) is 29.4. The highest BCUT2D eigenvalue weighted by Gasteiger charge is 2.34. The number of benzene rings is 3. The number of nitrogens with one attached hydrogen (secondary N) is 1. The molecule has 224 valence electrons. The normalized spacial score (nSPS) is 14.6. The highest BCUT2D eigenvalue weighted by Crippen LogP contribution is 2.26. The lowest BCUT2D eigenvalue weighted by Crippen LogP contribution is -2.54. The summed E-state index contributed by atoms with van der Waals surface area (Å²) in [6.07, 6.45) is 6.32. The Morgan fingerprint density at radius 3 is 2.10 bits per heavy atom. The fraction of sp³-hybridized carbons (Fsp3) is 0.394. The van der Waals surface area contributed by atoms with E-state index in [1.54, 1.807) is 42.5 Å². The Morgan fingerprint density at radius 1 is 0.881 bits per heavy atom. The summed E-state index contributed by atoms with van der Waals surface area (Å²) in [5, 5.41) is 3.73. The molecule has 1 atom stereocenters. The second-order valence-electron chi connectivity index (χ2n) is 10.8. The van der Waals surface area contributed by atoms with Crippen molar-refractivity contribution in [1.29, 1.82) is 0 Å². The molecule has 7 nitrogen and oxygen atoms in total. The van der Waals surface area contributed by atoms with Crippen molar-refractivity contribution in [3.63, 3.8) is 0 Å². The third-order valence-corrected chi connectivity index (χ3v) is 9.89. The molecule has 0 aliphatic heterocycles. The summed E-state index contributed by atoms with van der Waals surface area (Å²) in [7, 11) is -4.09. The van der Waals surface area contributed by atoms with E-state index >= 15 is 0 Å². The van der Waals surface area contributed by atoms with Gasteiger partial charge in [-0.2, -0.15) is 0 Å². The molecule has 1 saturated carbocycles. The van der Waals surface area contributed by atoms with Crippen LogP contribution in [0.2, 0.25) is 5.02 Å². The van der Waals surface area contributed by atoms with Gasteiger partial charge in [-0.05, 0) is 73.2 Å². The van der Waals surface area contributed by atoms with E-state index in [0.29, 0.717) is 17.1 Å². The van der Waals surface area contributed by atoms with Gasteiger partial charge in [0.05, 0.1) is 10.6 Å². The third-order valence-electron chi connectivity index (χ3n) is 7.85. The molecule has 0 heterocycles. The Labute approximate surface area is 254 Å². The van der Waals surface area contributed by atoms with Crippen molar-refractivity contribution in [1.82, 2.24) is 10.2 Å². The Bertz CT molecular complexity index is 1420. The highest BCUT2D eigenvalue weighted by atomic mass is 35.5. The van der Waals surface area contributed by atoms with Crippen molar-refractivity contribution in [2.45, 2.75) is 82.3 Å². The van der Waals surface area contributed by atoms with Gasteiger partial charge in [0.15, 0.2) is 0 Å². The molecule has 3 aromatic rings. The molecule has 9 heteroatoms. The van der Waals surface area contributed by atoms with Crippen LogP contribution in [-0.2, 0) is 32.6 Å². The number of hydrogen-bond acceptors (Lipinski definition) is 4. The minimum Gasteiger partial charge on any atom is -0.352 e. The van der Waals surface area contributed by atoms with E-state index in [9.17, 15) is 18.0 Å². The summed E-state index contributed by atoms with van der Waals surface area (Å²) in [5.74, 6) is -0.675. The quantitative estimate of drug-likeness (QED) is 0.259. The van der Waals surface area contributed by atoms with Crippen molar-refractivity contribution >= 4 is 39.1 Å². The molecule has 0 saturated heterocycles. The molecule has 0 radical (unpaired) electrons. The van der Waals surface area contributed by atoms with Gasteiger partial charge < -0.3 is 10.2 Å². The summed E-state index contributed by atoms with van der Waals surface area (Å²) >= 11 is 6.11. The molecular formula is C33H40ClN3O4S. The number of carbonyl (C=O) groups excluding carboxylic acids is 2. The van der Waals surface area contributed by atoms with Crippen molar-refractivity contribution in [3.8, 4) is 0 Å². The maximum absolute atomic E-state index is 14.2. The van der Waals surface area contributed by atoms with Gasteiger partial charge in [-0.25, -0.2) is 8.42 Å². The summed E-state index contributed by atoms with van der Waals surface area (Å²) < 4.78 is 29.0. The molecular weight excluding hydrogens is 570 g/mol. The molecule has 1 aliphatic rings. The van der Waals surface area contributed by atoms with Crippen LogP contribution in [0.15, 0.2) is 83.8 Å². The van der Waals surface area contributed by atoms with Crippen molar-refractivity contribution in [2.24, 2.45) is 0 Å². The van der Waals surface area contributed by atoms with Crippen molar-refractivity contribution < 1.29 is 18.0 Å². The van der Waals surface area contributed by atoms with E-state index in [-0.39, 0.29) is 23.4 Å². The number of sulfonamides is 1. The van der Waals surface area contributed by atoms with Gasteiger partial charge in [0.25, 0.3) is 10.0 Å². The van der Waals surface area contributed by atoms with Gasteiger partial charge in [0.1, 0.15) is 12.6 Å². The van der Waals surface area contributed by atoms with Gasteiger partial charge in [-0.3, -0.25) is 13.9 Å². The van der Waals surface area contributed by atoms with E-state index in [4.69, 9.17) is 11.6 Å². The Balaban J connectivity index is 1.69. The molecule has 2 amide bonds. The van der Waals surface area contributed by atoms with Crippen LogP contribution in [0.1, 0.15) is 63.5 Å². The van der Waals surface area contributed by atoms with E-state index < -0.39 is 28.5 Å². The van der Waals surface area contributed by atoms with Crippen LogP contribution in [-0.4, -0.2) is 43.8 Å². The summed E-state index contributed by atoms with van der Waals surface area (Å²) in [6, 6.07) is 21.7. The first-order valence-corrected chi connectivity index (χ1v) is 16.6. The largest absolute Gasteiger partial charge is 0.352 e. The van der Waals surface area contributed by atoms with Gasteiger partial charge >= 0.3 is 0 Å². The van der Waals surface area contributed by atoms with Gasteiger partial charge in [0.2, 0.25) is 11.8 Å². The van der Waals surface area contributed by atoms with Crippen LogP contribution in [0.4, 0.5) is 5.69 Å². The zero-order valence-electron chi connectivity index (χ0n) is 24.3. The van der Waals surface area contributed by atoms with Crippen LogP contribution in [0.5, 0.6) is 0 Å². The van der Waals surface area contributed by atoms with Crippen LogP contribution < -0.4 is 9.62 Å². The van der Waals surface area contributed by atoms with Crippen LogP contribution in [0.3, 0.4) is 0 Å². The van der Waals surface area contributed by atoms with E-state index in [1.807, 2.05) is 38.1 Å².